The monoisotopic (exact) mass is 269 g/mol. The molecule has 0 aliphatic rings. The number of nitrogens with zero attached hydrogens (tertiary/aromatic N) is 2. The molecule has 0 aliphatic heterocycles. The zero-order valence-electron chi connectivity index (χ0n) is 12.8. The molecule has 0 spiro atoms. The van der Waals surface area contributed by atoms with Gasteiger partial charge in [-0.15, -0.1) is 0 Å². The van der Waals surface area contributed by atoms with Gasteiger partial charge in [0.05, 0.1) is 31.1 Å². The van der Waals surface area contributed by atoms with E-state index in [-0.39, 0.29) is 12.1 Å². The summed E-state index contributed by atoms with van der Waals surface area (Å²) in [4.78, 5) is 0. The highest BCUT2D eigenvalue weighted by atomic mass is 16.5. The van der Waals surface area contributed by atoms with E-state index >= 15 is 0 Å². The van der Waals surface area contributed by atoms with Crippen molar-refractivity contribution in [3.05, 3.63) is 11.9 Å². The molecule has 1 heterocycles. The molecule has 5 heteroatoms. The summed E-state index contributed by atoms with van der Waals surface area (Å²) in [6, 6.07) is 0.104. The van der Waals surface area contributed by atoms with Crippen molar-refractivity contribution >= 4 is 0 Å². The van der Waals surface area contributed by atoms with Crippen LogP contribution in [0.4, 0.5) is 0 Å². The Labute approximate surface area is 116 Å². The van der Waals surface area contributed by atoms with Crippen molar-refractivity contribution in [1.82, 2.24) is 15.1 Å². The van der Waals surface area contributed by atoms with Crippen LogP contribution >= 0.6 is 0 Å². The lowest BCUT2D eigenvalue weighted by molar-refractivity contribution is 0.0614. The lowest BCUT2D eigenvalue weighted by Gasteiger charge is -2.27. The third-order valence-corrected chi connectivity index (χ3v) is 3.35. The molecule has 0 aromatic carbocycles. The summed E-state index contributed by atoms with van der Waals surface area (Å²) in [6.07, 6.45) is 3.92. The van der Waals surface area contributed by atoms with Crippen LogP contribution in [0.25, 0.3) is 0 Å². The average Bonchev–Trinajstić information content (AvgIpc) is 2.86. The van der Waals surface area contributed by atoms with Gasteiger partial charge in [-0.25, -0.2) is 0 Å². The van der Waals surface area contributed by atoms with Crippen LogP contribution in [0.15, 0.2) is 6.20 Å². The smallest absolute Gasteiger partial charge is 0.161 e. The summed E-state index contributed by atoms with van der Waals surface area (Å²) >= 11 is 0. The zero-order valence-corrected chi connectivity index (χ0v) is 12.8. The van der Waals surface area contributed by atoms with Crippen LogP contribution in [0.5, 0.6) is 5.75 Å². The molecule has 0 saturated heterocycles. The first-order valence-corrected chi connectivity index (χ1v) is 7.09. The standard InChI is InChI=1S/C14H27N3O2/c1-6-9-15-13(11(7-2)18-4)14-12(19-5)10-16-17(14)8-3/h10-11,13,15H,6-9H2,1-5H3. The van der Waals surface area contributed by atoms with Crippen LogP contribution in [0.2, 0.25) is 0 Å². The summed E-state index contributed by atoms with van der Waals surface area (Å²) in [5.41, 5.74) is 1.08. The van der Waals surface area contributed by atoms with Gasteiger partial charge in [-0.05, 0) is 26.3 Å². The van der Waals surface area contributed by atoms with Crippen molar-refractivity contribution in [2.24, 2.45) is 0 Å². The third-order valence-electron chi connectivity index (χ3n) is 3.35. The normalized spacial score (nSPS) is 14.4. The van der Waals surface area contributed by atoms with Crippen molar-refractivity contribution in [3.63, 3.8) is 0 Å². The van der Waals surface area contributed by atoms with Gasteiger partial charge in [0, 0.05) is 13.7 Å². The summed E-state index contributed by atoms with van der Waals surface area (Å²) in [5.74, 6) is 0.825. The van der Waals surface area contributed by atoms with Crippen LogP contribution in [0.3, 0.4) is 0 Å². The first-order valence-electron chi connectivity index (χ1n) is 7.09. The minimum atomic E-state index is 0.104. The lowest BCUT2D eigenvalue weighted by Crippen LogP contribution is -2.35. The van der Waals surface area contributed by atoms with Crippen LogP contribution in [0.1, 0.15) is 45.3 Å². The van der Waals surface area contributed by atoms with Crippen molar-refractivity contribution in [2.75, 3.05) is 20.8 Å². The van der Waals surface area contributed by atoms with Gasteiger partial charge in [0.25, 0.3) is 0 Å². The summed E-state index contributed by atoms with van der Waals surface area (Å²) < 4.78 is 13.1. The topological polar surface area (TPSA) is 48.3 Å². The van der Waals surface area contributed by atoms with Crippen molar-refractivity contribution in [2.45, 2.75) is 52.3 Å². The minimum absolute atomic E-state index is 0.104. The maximum Gasteiger partial charge on any atom is 0.161 e. The molecule has 19 heavy (non-hydrogen) atoms. The molecule has 0 aliphatic carbocycles. The number of methoxy groups -OCH3 is 2. The van der Waals surface area contributed by atoms with E-state index in [9.17, 15) is 0 Å². The largest absolute Gasteiger partial charge is 0.493 e. The molecule has 0 bridgehead atoms. The lowest BCUT2D eigenvalue weighted by atomic mass is 10.0. The predicted octanol–water partition coefficient (Wildman–Crippen LogP) is 2.38. The Morgan fingerprint density at radius 1 is 1.32 bits per heavy atom. The fourth-order valence-electron chi connectivity index (χ4n) is 2.34. The van der Waals surface area contributed by atoms with E-state index < -0.39 is 0 Å². The second-order valence-electron chi connectivity index (χ2n) is 4.53. The molecule has 0 radical (unpaired) electrons. The van der Waals surface area contributed by atoms with Crippen molar-refractivity contribution in [3.8, 4) is 5.75 Å². The molecular formula is C14H27N3O2. The molecule has 0 fully saturated rings. The van der Waals surface area contributed by atoms with Crippen molar-refractivity contribution < 1.29 is 9.47 Å². The number of aromatic nitrogens is 2. The van der Waals surface area contributed by atoms with Gasteiger partial charge in [0.1, 0.15) is 0 Å². The summed E-state index contributed by atoms with van der Waals surface area (Å²) in [6.45, 7) is 8.15. The van der Waals surface area contributed by atoms with E-state index in [1.54, 1.807) is 20.4 Å². The van der Waals surface area contributed by atoms with E-state index in [0.717, 1.165) is 37.4 Å². The maximum absolute atomic E-state index is 5.62. The SMILES string of the molecule is CCCNC(c1c(OC)cnn1CC)C(CC)OC. The molecule has 1 aromatic heterocycles. The second-order valence-corrected chi connectivity index (χ2v) is 4.53. The van der Waals surface area contributed by atoms with Crippen LogP contribution in [-0.4, -0.2) is 36.6 Å². The fraction of sp³-hybridized carbons (Fsp3) is 0.786. The Bertz CT molecular complexity index is 340. The van der Waals surface area contributed by atoms with Gasteiger partial charge in [-0.3, -0.25) is 4.68 Å². The molecular weight excluding hydrogens is 242 g/mol. The Kier molecular flexibility index (Phi) is 6.87. The van der Waals surface area contributed by atoms with Gasteiger partial charge in [-0.2, -0.15) is 5.10 Å². The molecule has 0 saturated carbocycles. The number of hydrogen-bond donors (Lipinski definition) is 1. The van der Waals surface area contributed by atoms with Gasteiger partial charge in [-0.1, -0.05) is 13.8 Å². The number of ether oxygens (including phenoxy) is 2. The Hall–Kier alpha value is -1.07. The molecule has 1 rings (SSSR count). The van der Waals surface area contributed by atoms with Gasteiger partial charge >= 0.3 is 0 Å². The summed E-state index contributed by atoms with van der Waals surface area (Å²) in [7, 11) is 3.44. The van der Waals surface area contributed by atoms with Crippen LogP contribution in [0, 0.1) is 0 Å². The number of hydrogen-bond acceptors (Lipinski definition) is 4. The van der Waals surface area contributed by atoms with Gasteiger partial charge in [0.2, 0.25) is 0 Å². The second kappa shape index (κ2) is 8.17. The minimum Gasteiger partial charge on any atom is -0.493 e. The van der Waals surface area contributed by atoms with E-state index in [0.29, 0.717) is 0 Å². The van der Waals surface area contributed by atoms with E-state index in [4.69, 9.17) is 9.47 Å². The number of nitrogens with one attached hydrogen (secondary N) is 1. The number of aryl methyl sites for hydroxylation is 1. The molecule has 2 unspecified atom stereocenters. The predicted molar refractivity (Wildman–Crippen MR) is 76.6 cm³/mol. The van der Waals surface area contributed by atoms with Gasteiger partial charge < -0.3 is 14.8 Å². The molecule has 1 aromatic rings. The zero-order chi connectivity index (χ0) is 14.3. The van der Waals surface area contributed by atoms with Crippen molar-refractivity contribution in [1.29, 1.82) is 0 Å². The maximum atomic E-state index is 5.62. The molecule has 0 amide bonds. The highest BCUT2D eigenvalue weighted by Gasteiger charge is 2.27. The van der Waals surface area contributed by atoms with Gasteiger partial charge in [0.15, 0.2) is 5.75 Å². The number of rotatable bonds is 9. The first kappa shape index (κ1) is 16.0. The molecule has 110 valence electrons. The first-order chi connectivity index (χ1) is 9.23. The Balaban J connectivity index is 3.10. The Morgan fingerprint density at radius 3 is 2.53 bits per heavy atom. The Morgan fingerprint density at radius 2 is 2.05 bits per heavy atom. The van der Waals surface area contributed by atoms with E-state index in [2.05, 4.69) is 31.2 Å². The van der Waals surface area contributed by atoms with Crippen LogP contribution in [-0.2, 0) is 11.3 Å². The highest BCUT2D eigenvalue weighted by Crippen LogP contribution is 2.29. The van der Waals surface area contributed by atoms with Crippen LogP contribution < -0.4 is 10.1 Å². The molecule has 5 nitrogen and oxygen atoms in total. The van der Waals surface area contributed by atoms with E-state index in [1.807, 2.05) is 4.68 Å². The molecule has 2 atom stereocenters. The fourth-order valence-corrected chi connectivity index (χ4v) is 2.34. The summed E-state index contributed by atoms with van der Waals surface area (Å²) in [5, 5.41) is 7.94. The highest BCUT2D eigenvalue weighted by molar-refractivity contribution is 5.29. The molecule has 1 N–H and O–H groups in total. The third kappa shape index (κ3) is 3.70. The quantitative estimate of drug-likeness (QED) is 0.747. The van der Waals surface area contributed by atoms with E-state index in [1.165, 1.54) is 0 Å². The average molecular weight is 269 g/mol.